The molecule has 0 aliphatic heterocycles. The highest BCUT2D eigenvalue weighted by Gasteiger charge is 2.25. The number of nitrogens with two attached hydrogens (primary N) is 1. The maximum Gasteiger partial charge on any atom is 0.126 e. The topological polar surface area (TPSA) is 26.0 Å². The van der Waals surface area contributed by atoms with Crippen molar-refractivity contribution in [2.45, 2.75) is 31.2 Å². The summed E-state index contributed by atoms with van der Waals surface area (Å²) in [4.78, 5) is 0. The first-order chi connectivity index (χ1) is 6.66. The van der Waals surface area contributed by atoms with Crippen LogP contribution >= 0.6 is 0 Å². The van der Waals surface area contributed by atoms with Crippen LogP contribution in [-0.4, -0.2) is 6.04 Å². The van der Waals surface area contributed by atoms with Gasteiger partial charge in [-0.05, 0) is 36.5 Å². The van der Waals surface area contributed by atoms with Crippen molar-refractivity contribution in [3.05, 3.63) is 35.4 Å². The fraction of sp³-hybridized carbons (Fsp3) is 0.455. The molecule has 1 fully saturated rings. The molecule has 76 valence electrons. The fourth-order valence-corrected chi connectivity index (χ4v) is 2.19. The Bertz CT molecular complexity index is 318. The lowest BCUT2D eigenvalue weighted by Crippen LogP contribution is -2.22. The zero-order chi connectivity index (χ0) is 10.1. The molecule has 1 nitrogen and oxygen atoms in total. The molecule has 1 aromatic carbocycles. The van der Waals surface area contributed by atoms with Crippen LogP contribution in [0.15, 0.2) is 18.2 Å². The van der Waals surface area contributed by atoms with E-state index in [1.165, 1.54) is 12.1 Å². The second kappa shape index (κ2) is 3.65. The van der Waals surface area contributed by atoms with Crippen molar-refractivity contribution in [2.75, 3.05) is 0 Å². The van der Waals surface area contributed by atoms with Crippen LogP contribution in [-0.2, 0) is 0 Å². The van der Waals surface area contributed by atoms with Gasteiger partial charge in [-0.1, -0.05) is 6.42 Å². The van der Waals surface area contributed by atoms with Gasteiger partial charge in [0.25, 0.3) is 0 Å². The van der Waals surface area contributed by atoms with Crippen molar-refractivity contribution in [2.24, 2.45) is 5.73 Å². The van der Waals surface area contributed by atoms with Gasteiger partial charge in [0.2, 0.25) is 0 Å². The van der Waals surface area contributed by atoms with E-state index in [-0.39, 0.29) is 12.0 Å². The molecule has 0 radical (unpaired) electrons. The van der Waals surface area contributed by atoms with Gasteiger partial charge in [0.15, 0.2) is 0 Å². The minimum absolute atomic E-state index is 0.0520. The molecule has 0 spiro atoms. The molecule has 1 aromatic rings. The van der Waals surface area contributed by atoms with E-state index in [1.807, 2.05) is 0 Å². The first-order valence-electron chi connectivity index (χ1n) is 4.88. The van der Waals surface area contributed by atoms with E-state index >= 15 is 0 Å². The normalized spacial score (nSPS) is 26.8. The maximum atomic E-state index is 12.9. The number of benzene rings is 1. The Labute approximate surface area is 81.9 Å². The van der Waals surface area contributed by atoms with Crippen molar-refractivity contribution in [1.82, 2.24) is 0 Å². The third-order valence-electron chi connectivity index (χ3n) is 2.88. The predicted molar refractivity (Wildman–Crippen MR) is 50.9 cm³/mol. The minimum Gasteiger partial charge on any atom is -0.327 e. The van der Waals surface area contributed by atoms with Gasteiger partial charge in [-0.25, -0.2) is 8.78 Å². The summed E-state index contributed by atoms with van der Waals surface area (Å²) in [6.45, 7) is 0. The van der Waals surface area contributed by atoms with E-state index in [1.54, 1.807) is 0 Å². The Morgan fingerprint density at radius 2 is 1.71 bits per heavy atom. The van der Waals surface area contributed by atoms with Gasteiger partial charge in [0.05, 0.1) is 0 Å². The molecule has 14 heavy (non-hydrogen) atoms. The smallest absolute Gasteiger partial charge is 0.126 e. The van der Waals surface area contributed by atoms with Gasteiger partial charge >= 0.3 is 0 Å². The first kappa shape index (κ1) is 9.59. The monoisotopic (exact) mass is 197 g/mol. The summed E-state index contributed by atoms with van der Waals surface area (Å²) in [5, 5.41) is 0. The van der Waals surface area contributed by atoms with E-state index < -0.39 is 11.6 Å². The van der Waals surface area contributed by atoms with E-state index in [2.05, 4.69) is 0 Å². The standard InChI is InChI=1S/C11H13F2N/c12-8-4-7(5-9(13)6-8)10-2-1-3-11(10)14/h4-6,10-11H,1-3,14H2/t10-,11-/m0/s1. The van der Waals surface area contributed by atoms with Crippen molar-refractivity contribution in [1.29, 1.82) is 0 Å². The SMILES string of the molecule is N[C@H]1CCC[C@H]1c1cc(F)cc(F)c1. The molecule has 0 saturated heterocycles. The van der Waals surface area contributed by atoms with E-state index in [0.29, 0.717) is 5.56 Å². The lowest BCUT2D eigenvalue weighted by molar-refractivity contribution is 0.561. The highest BCUT2D eigenvalue weighted by molar-refractivity contribution is 5.24. The summed E-state index contributed by atoms with van der Waals surface area (Å²) >= 11 is 0. The van der Waals surface area contributed by atoms with Crippen LogP contribution in [0, 0.1) is 11.6 Å². The molecule has 0 aromatic heterocycles. The van der Waals surface area contributed by atoms with Crippen molar-refractivity contribution >= 4 is 0 Å². The van der Waals surface area contributed by atoms with Crippen molar-refractivity contribution in [3.63, 3.8) is 0 Å². The summed E-state index contributed by atoms with van der Waals surface area (Å²) in [6, 6.07) is 3.72. The van der Waals surface area contributed by atoms with Crippen molar-refractivity contribution < 1.29 is 8.78 Å². The highest BCUT2D eigenvalue weighted by atomic mass is 19.1. The Morgan fingerprint density at radius 1 is 1.07 bits per heavy atom. The zero-order valence-corrected chi connectivity index (χ0v) is 7.84. The van der Waals surface area contributed by atoms with Crippen LogP contribution < -0.4 is 5.73 Å². The lowest BCUT2D eigenvalue weighted by atomic mass is 9.94. The fourth-order valence-electron chi connectivity index (χ4n) is 2.19. The van der Waals surface area contributed by atoms with Crippen LogP contribution in [0.3, 0.4) is 0 Å². The summed E-state index contributed by atoms with van der Waals surface area (Å²) < 4.78 is 25.9. The van der Waals surface area contributed by atoms with Crippen LogP contribution in [0.2, 0.25) is 0 Å². The predicted octanol–water partition coefficient (Wildman–Crippen LogP) is 2.56. The average Bonchev–Trinajstić information content (AvgIpc) is 2.49. The average molecular weight is 197 g/mol. The molecular weight excluding hydrogens is 184 g/mol. The molecule has 0 unspecified atom stereocenters. The van der Waals surface area contributed by atoms with Gasteiger partial charge in [0.1, 0.15) is 11.6 Å². The summed E-state index contributed by atoms with van der Waals surface area (Å²) in [5.74, 6) is -0.904. The maximum absolute atomic E-state index is 12.9. The summed E-state index contributed by atoms with van der Waals surface area (Å²) in [5.41, 5.74) is 6.57. The largest absolute Gasteiger partial charge is 0.327 e. The van der Waals surface area contributed by atoms with Crippen LogP contribution in [0.25, 0.3) is 0 Å². The summed E-state index contributed by atoms with van der Waals surface area (Å²) in [7, 11) is 0. The van der Waals surface area contributed by atoms with Crippen LogP contribution in [0.4, 0.5) is 8.78 Å². The van der Waals surface area contributed by atoms with Gasteiger partial charge in [0, 0.05) is 12.1 Å². The van der Waals surface area contributed by atoms with Gasteiger partial charge in [-0.2, -0.15) is 0 Å². The molecule has 0 amide bonds. The quantitative estimate of drug-likeness (QED) is 0.735. The Balaban J connectivity index is 2.31. The van der Waals surface area contributed by atoms with Gasteiger partial charge in [-0.15, -0.1) is 0 Å². The Morgan fingerprint density at radius 3 is 2.21 bits per heavy atom. The molecule has 1 saturated carbocycles. The number of hydrogen-bond acceptors (Lipinski definition) is 1. The first-order valence-corrected chi connectivity index (χ1v) is 4.88. The third-order valence-corrected chi connectivity index (χ3v) is 2.88. The van der Waals surface area contributed by atoms with Crippen molar-refractivity contribution in [3.8, 4) is 0 Å². The van der Waals surface area contributed by atoms with E-state index in [0.717, 1.165) is 25.3 Å². The van der Waals surface area contributed by atoms with Crippen LogP contribution in [0.1, 0.15) is 30.7 Å². The second-order valence-corrected chi connectivity index (χ2v) is 3.90. The zero-order valence-electron chi connectivity index (χ0n) is 7.84. The Kier molecular flexibility index (Phi) is 2.50. The van der Waals surface area contributed by atoms with Crippen LogP contribution in [0.5, 0.6) is 0 Å². The molecule has 2 atom stereocenters. The van der Waals surface area contributed by atoms with E-state index in [9.17, 15) is 8.78 Å². The Hall–Kier alpha value is -0.960. The van der Waals surface area contributed by atoms with Gasteiger partial charge in [-0.3, -0.25) is 0 Å². The highest BCUT2D eigenvalue weighted by Crippen LogP contribution is 2.33. The number of rotatable bonds is 1. The molecular formula is C11H13F2N. The molecule has 0 bridgehead atoms. The minimum atomic E-state index is -0.515. The molecule has 3 heteroatoms. The third kappa shape index (κ3) is 1.77. The molecule has 1 aliphatic rings. The molecule has 1 aliphatic carbocycles. The molecule has 2 N–H and O–H groups in total. The molecule has 2 rings (SSSR count). The molecule has 0 heterocycles. The number of hydrogen-bond donors (Lipinski definition) is 1. The van der Waals surface area contributed by atoms with E-state index in [4.69, 9.17) is 5.73 Å². The number of halogens is 2. The second-order valence-electron chi connectivity index (χ2n) is 3.90. The summed E-state index contributed by atoms with van der Waals surface area (Å²) in [6.07, 6.45) is 2.93. The lowest BCUT2D eigenvalue weighted by Gasteiger charge is -2.15. The van der Waals surface area contributed by atoms with Gasteiger partial charge < -0.3 is 5.73 Å².